The molecule has 3 nitrogen and oxygen atoms in total. The lowest BCUT2D eigenvalue weighted by Gasteiger charge is -2.17. The summed E-state index contributed by atoms with van der Waals surface area (Å²) >= 11 is 0. The molecule has 1 aromatic carbocycles. The molecule has 1 aromatic heterocycles. The van der Waals surface area contributed by atoms with Crippen LogP contribution in [0.3, 0.4) is 0 Å². The van der Waals surface area contributed by atoms with E-state index < -0.39 is 11.7 Å². The predicted octanol–water partition coefficient (Wildman–Crippen LogP) is 3.97. The molecule has 22 heavy (non-hydrogen) atoms. The van der Waals surface area contributed by atoms with Crippen LogP contribution in [0.5, 0.6) is 0 Å². The summed E-state index contributed by atoms with van der Waals surface area (Å²) in [6, 6.07) is 5.34. The lowest BCUT2D eigenvalue weighted by molar-refractivity contribution is -0.137. The second-order valence-corrected chi connectivity index (χ2v) is 5.33. The molecule has 0 atom stereocenters. The highest BCUT2D eigenvalue weighted by molar-refractivity contribution is 5.99. The van der Waals surface area contributed by atoms with Crippen molar-refractivity contribution in [3.63, 3.8) is 0 Å². The van der Waals surface area contributed by atoms with Gasteiger partial charge in [-0.1, -0.05) is 19.1 Å². The fourth-order valence-electron chi connectivity index (χ4n) is 2.94. The first-order chi connectivity index (χ1) is 10.4. The topological polar surface area (TPSA) is 34.9 Å². The molecule has 0 bridgehead atoms. The van der Waals surface area contributed by atoms with Crippen LogP contribution in [0.1, 0.15) is 47.1 Å². The van der Waals surface area contributed by atoms with Gasteiger partial charge >= 0.3 is 6.18 Å². The summed E-state index contributed by atoms with van der Waals surface area (Å²) < 4.78 is 41.0. The number of carbonyl (C=O) groups is 1. The molecule has 0 amide bonds. The average molecular weight is 308 g/mol. The number of aryl methyl sites for hydroxylation is 1. The van der Waals surface area contributed by atoms with Gasteiger partial charge in [-0.25, -0.2) is 4.68 Å². The van der Waals surface area contributed by atoms with Gasteiger partial charge in [0.2, 0.25) is 0 Å². The van der Waals surface area contributed by atoms with E-state index >= 15 is 0 Å². The van der Waals surface area contributed by atoms with Gasteiger partial charge in [0, 0.05) is 6.42 Å². The molecular weight excluding hydrogens is 293 g/mol. The van der Waals surface area contributed by atoms with Crippen molar-refractivity contribution in [1.29, 1.82) is 0 Å². The van der Waals surface area contributed by atoms with Crippen LogP contribution < -0.4 is 0 Å². The van der Waals surface area contributed by atoms with E-state index in [1.54, 1.807) is 6.07 Å². The second kappa shape index (κ2) is 5.26. The third-order valence-electron chi connectivity index (χ3n) is 3.92. The number of fused-ring (bicyclic) bond motifs is 1. The molecule has 1 aliphatic rings. The van der Waals surface area contributed by atoms with Gasteiger partial charge < -0.3 is 0 Å². The third kappa shape index (κ3) is 2.32. The second-order valence-electron chi connectivity index (χ2n) is 5.33. The van der Waals surface area contributed by atoms with Gasteiger partial charge in [-0.3, -0.25) is 4.79 Å². The Labute approximate surface area is 125 Å². The van der Waals surface area contributed by atoms with E-state index in [4.69, 9.17) is 0 Å². The number of hydrogen-bond donors (Lipinski definition) is 0. The monoisotopic (exact) mass is 308 g/mol. The molecule has 1 heterocycles. The smallest absolute Gasteiger partial charge is 0.294 e. The Bertz CT molecular complexity index is 731. The summed E-state index contributed by atoms with van der Waals surface area (Å²) in [6.45, 7) is 1.85. The Morgan fingerprint density at radius 2 is 1.95 bits per heavy atom. The standard InChI is InChI=1S/C16H15F3N2O/c1-2-11-15-13(8-5-9-14(15)22)21(20-11)12-7-4-3-6-10(12)16(17,18)19/h3-4,6-7H,2,5,8-9H2,1H3. The minimum absolute atomic E-state index is 0.0133. The number of aromatic nitrogens is 2. The molecule has 0 radical (unpaired) electrons. The number of ketones is 1. The van der Waals surface area contributed by atoms with E-state index in [1.807, 2.05) is 6.92 Å². The Balaban J connectivity index is 2.25. The maximum absolute atomic E-state index is 13.2. The van der Waals surface area contributed by atoms with Gasteiger partial charge in [-0.05, 0) is 31.4 Å². The van der Waals surface area contributed by atoms with E-state index in [0.717, 1.165) is 6.07 Å². The number of Topliss-reactive ketones (excluding diaryl/α,β-unsaturated/α-hetero) is 1. The lowest BCUT2D eigenvalue weighted by Crippen LogP contribution is -2.16. The van der Waals surface area contributed by atoms with Crippen molar-refractivity contribution in [2.75, 3.05) is 0 Å². The molecule has 0 N–H and O–H groups in total. The molecule has 3 rings (SSSR count). The van der Waals surface area contributed by atoms with Crippen LogP contribution in [0, 0.1) is 0 Å². The van der Waals surface area contributed by atoms with Crippen LogP contribution in [-0.2, 0) is 19.0 Å². The Morgan fingerprint density at radius 1 is 1.23 bits per heavy atom. The summed E-state index contributed by atoms with van der Waals surface area (Å²) in [5, 5.41) is 4.30. The quantitative estimate of drug-likeness (QED) is 0.841. The van der Waals surface area contributed by atoms with Crippen LogP contribution in [0.25, 0.3) is 5.69 Å². The summed E-state index contributed by atoms with van der Waals surface area (Å²) in [5.41, 5.74) is 0.953. The number of nitrogens with zero attached hydrogens (tertiary/aromatic N) is 2. The number of alkyl halides is 3. The molecule has 0 fully saturated rings. The van der Waals surface area contributed by atoms with E-state index in [-0.39, 0.29) is 11.5 Å². The van der Waals surface area contributed by atoms with Crippen LogP contribution in [-0.4, -0.2) is 15.6 Å². The van der Waals surface area contributed by atoms with Crippen molar-refractivity contribution in [3.05, 3.63) is 46.8 Å². The van der Waals surface area contributed by atoms with Crippen molar-refractivity contribution in [1.82, 2.24) is 9.78 Å². The van der Waals surface area contributed by atoms with Gasteiger partial charge in [0.05, 0.1) is 28.2 Å². The number of carbonyl (C=O) groups excluding carboxylic acids is 1. The fourth-order valence-corrected chi connectivity index (χ4v) is 2.94. The molecule has 0 saturated carbocycles. The first-order valence-electron chi connectivity index (χ1n) is 7.24. The van der Waals surface area contributed by atoms with E-state index in [1.165, 1.54) is 16.8 Å². The van der Waals surface area contributed by atoms with Crippen molar-refractivity contribution >= 4 is 5.78 Å². The van der Waals surface area contributed by atoms with Crippen molar-refractivity contribution in [3.8, 4) is 5.69 Å². The normalized spacial score (nSPS) is 15.0. The molecule has 2 aromatic rings. The van der Waals surface area contributed by atoms with Gasteiger partial charge in [0.25, 0.3) is 0 Å². The van der Waals surface area contributed by atoms with E-state index in [2.05, 4.69) is 5.10 Å². The van der Waals surface area contributed by atoms with Crippen LogP contribution >= 0.6 is 0 Å². The van der Waals surface area contributed by atoms with Gasteiger partial charge in [-0.2, -0.15) is 18.3 Å². The number of halogens is 3. The first kappa shape index (κ1) is 14.8. The van der Waals surface area contributed by atoms with Gasteiger partial charge in [-0.15, -0.1) is 0 Å². The molecule has 0 saturated heterocycles. The minimum Gasteiger partial charge on any atom is -0.294 e. The maximum atomic E-state index is 13.2. The molecule has 116 valence electrons. The number of rotatable bonds is 2. The summed E-state index contributed by atoms with van der Waals surface area (Å²) in [7, 11) is 0. The van der Waals surface area contributed by atoms with Gasteiger partial charge in [0.15, 0.2) is 5.78 Å². The minimum atomic E-state index is -4.46. The van der Waals surface area contributed by atoms with E-state index in [0.29, 0.717) is 42.6 Å². The first-order valence-corrected chi connectivity index (χ1v) is 7.24. The zero-order chi connectivity index (χ0) is 15.9. The number of hydrogen-bond acceptors (Lipinski definition) is 2. The molecule has 0 unspecified atom stereocenters. The van der Waals surface area contributed by atoms with Gasteiger partial charge in [0.1, 0.15) is 0 Å². The van der Waals surface area contributed by atoms with E-state index in [9.17, 15) is 18.0 Å². The Kier molecular flexibility index (Phi) is 3.54. The van der Waals surface area contributed by atoms with Crippen molar-refractivity contribution in [2.45, 2.75) is 38.8 Å². The summed E-state index contributed by atoms with van der Waals surface area (Å²) in [5.74, 6) is -0.0196. The predicted molar refractivity (Wildman–Crippen MR) is 75.2 cm³/mol. The number of benzene rings is 1. The Hall–Kier alpha value is -2.11. The lowest BCUT2D eigenvalue weighted by atomic mass is 9.93. The summed E-state index contributed by atoms with van der Waals surface area (Å²) in [4.78, 5) is 12.1. The fraction of sp³-hybridized carbons (Fsp3) is 0.375. The zero-order valence-corrected chi connectivity index (χ0v) is 12.1. The van der Waals surface area contributed by atoms with Crippen LogP contribution in [0.2, 0.25) is 0 Å². The molecule has 0 spiro atoms. The van der Waals surface area contributed by atoms with Crippen LogP contribution in [0.4, 0.5) is 13.2 Å². The van der Waals surface area contributed by atoms with Crippen molar-refractivity contribution in [2.24, 2.45) is 0 Å². The third-order valence-corrected chi connectivity index (χ3v) is 3.92. The SMILES string of the molecule is CCc1nn(-c2ccccc2C(F)(F)F)c2c1C(=O)CCC2. The Morgan fingerprint density at radius 3 is 2.64 bits per heavy atom. The maximum Gasteiger partial charge on any atom is 0.418 e. The highest BCUT2D eigenvalue weighted by atomic mass is 19.4. The average Bonchev–Trinajstić information content (AvgIpc) is 2.86. The molecule has 0 aliphatic heterocycles. The largest absolute Gasteiger partial charge is 0.418 e. The number of para-hydroxylation sites is 1. The molecule has 6 heteroatoms. The highest BCUT2D eigenvalue weighted by Gasteiger charge is 2.35. The summed E-state index contributed by atoms with van der Waals surface area (Å²) in [6.07, 6.45) is -2.28. The molecular formula is C16H15F3N2O. The van der Waals surface area contributed by atoms with Crippen LogP contribution in [0.15, 0.2) is 24.3 Å². The highest BCUT2D eigenvalue weighted by Crippen LogP contribution is 2.35. The van der Waals surface area contributed by atoms with Crippen molar-refractivity contribution < 1.29 is 18.0 Å². The molecule has 1 aliphatic carbocycles. The zero-order valence-electron chi connectivity index (χ0n) is 12.1.